The molecule has 1 fully saturated rings. The van der Waals surface area contributed by atoms with Crippen LogP contribution >= 0.6 is 0 Å². The Hall–Kier alpha value is -1.94. The molecule has 0 spiro atoms. The first-order valence-corrected chi connectivity index (χ1v) is 7.64. The predicted molar refractivity (Wildman–Crippen MR) is 83.9 cm³/mol. The van der Waals surface area contributed by atoms with Crippen LogP contribution in [0.15, 0.2) is 36.7 Å². The Labute approximate surface area is 125 Å². The largest absolute Gasteiger partial charge is 0.342 e. The van der Waals surface area contributed by atoms with Crippen molar-refractivity contribution in [3.8, 4) is 0 Å². The second-order valence-electron chi connectivity index (χ2n) is 5.60. The molecule has 21 heavy (non-hydrogen) atoms. The fourth-order valence-electron chi connectivity index (χ4n) is 2.81. The lowest BCUT2D eigenvalue weighted by Gasteiger charge is -2.26. The van der Waals surface area contributed by atoms with E-state index in [9.17, 15) is 4.79 Å². The number of amides is 1. The molecule has 0 saturated carbocycles. The van der Waals surface area contributed by atoms with Gasteiger partial charge in [0, 0.05) is 37.4 Å². The summed E-state index contributed by atoms with van der Waals surface area (Å²) >= 11 is 0. The van der Waals surface area contributed by atoms with Crippen molar-refractivity contribution >= 4 is 16.7 Å². The van der Waals surface area contributed by atoms with Gasteiger partial charge in [0.25, 0.3) is 0 Å². The van der Waals surface area contributed by atoms with Crippen molar-refractivity contribution in [2.45, 2.75) is 25.8 Å². The summed E-state index contributed by atoms with van der Waals surface area (Å²) in [6, 6.07) is 8.32. The quantitative estimate of drug-likeness (QED) is 0.936. The number of likely N-dealkylation sites (tertiary alicyclic amines) is 1. The summed E-state index contributed by atoms with van der Waals surface area (Å²) in [7, 11) is 0. The second kappa shape index (κ2) is 6.68. The number of nitrogens with one attached hydrogen (secondary N) is 1. The van der Waals surface area contributed by atoms with Crippen LogP contribution in [0, 0.1) is 0 Å². The lowest BCUT2D eigenvalue weighted by molar-refractivity contribution is -0.131. The molecule has 0 radical (unpaired) electrons. The minimum Gasteiger partial charge on any atom is -0.342 e. The number of carbonyl (C=O) groups excluding carboxylic acids is 1. The van der Waals surface area contributed by atoms with Gasteiger partial charge in [0.05, 0.1) is 6.54 Å². The van der Waals surface area contributed by atoms with Gasteiger partial charge >= 0.3 is 0 Å². The van der Waals surface area contributed by atoms with E-state index in [-0.39, 0.29) is 5.91 Å². The zero-order valence-electron chi connectivity index (χ0n) is 12.2. The van der Waals surface area contributed by atoms with Crippen molar-refractivity contribution in [1.82, 2.24) is 15.2 Å². The van der Waals surface area contributed by atoms with E-state index in [1.54, 1.807) is 6.20 Å². The third-order valence-electron chi connectivity index (χ3n) is 4.02. The average molecular weight is 283 g/mol. The third-order valence-corrected chi connectivity index (χ3v) is 4.02. The van der Waals surface area contributed by atoms with Crippen LogP contribution in [-0.2, 0) is 11.3 Å². The summed E-state index contributed by atoms with van der Waals surface area (Å²) in [4.78, 5) is 18.1. The highest BCUT2D eigenvalue weighted by Crippen LogP contribution is 2.14. The highest BCUT2D eigenvalue weighted by Gasteiger charge is 2.15. The van der Waals surface area contributed by atoms with E-state index < -0.39 is 0 Å². The standard InChI is InChI=1S/C17H21N3O/c21-17(20-8-2-1-3-9-20)13-19-11-14-4-5-16-12-18-7-6-15(16)10-14/h4-7,10,12,19H,1-3,8-9,11,13H2. The van der Waals surface area contributed by atoms with E-state index in [4.69, 9.17) is 0 Å². The number of nitrogens with zero attached hydrogens (tertiary/aromatic N) is 2. The maximum absolute atomic E-state index is 12.1. The molecular formula is C17H21N3O. The maximum atomic E-state index is 12.1. The number of carbonyl (C=O) groups is 1. The first-order valence-electron chi connectivity index (χ1n) is 7.64. The summed E-state index contributed by atoms with van der Waals surface area (Å²) in [6.07, 6.45) is 7.21. The van der Waals surface area contributed by atoms with E-state index in [0.29, 0.717) is 6.54 Å². The van der Waals surface area contributed by atoms with E-state index in [0.717, 1.165) is 37.9 Å². The molecule has 1 amide bonds. The number of rotatable bonds is 4. The number of piperidine rings is 1. The fourth-order valence-corrected chi connectivity index (χ4v) is 2.81. The van der Waals surface area contributed by atoms with Gasteiger partial charge in [0.15, 0.2) is 0 Å². The molecule has 2 aromatic rings. The molecule has 0 unspecified atom stereocenters. The first-order chi connectivity index (χ1) is 10.3. The number of hydrogen-bond acceptors (Lipinski definition) is 3. The Morgan fingerprint density at radius 2 is 2.00 bits per heavy atom. The Bertz CT molecular complexity index is 620. The SMILES string of the molecule is O=C(CNCc1ccc2cnccc2c1)N1CCCCC1. The fraction of sp³-hybridized carbons (Fsp3) is 0.412. The van der Waals surface area contributed by atoms with Crippen LogP contribution in [0.4, 0.5) is 0 Å². The van der Waals surface area contributed by atoms with Gasteiger partial charge in [0.1, 0.15) is 0 Å². The highest BCUT2D eigenvalue weighted by molar-refractivity contribution is 5.82. The van der Waals surface area contributed by atoms with Gasteiger partial charge in [-0.3, -0.25) is 9.78 Å². The zero-order valence-corrected chi connectivity index (χ0v) is 12.2. The van der Waals surface area contributed by atoms with Crippen molar-refractivity contribution in [3.63, 3.8) is 0 Å². The van der Waals surface area contributed by atoms with E-state index in [1.807, 2.05) is 17.2 Å². The molecule has 1 aliphatic rings. The lowest BCUT2D eigenvalue weighted by Crippen LogP contribution is -2.40. The summed E-state index contributed by atoms with van der Waals surface area (Å²) in [6.45, 7) is 2.99. The van der Waals surface area contributed by atoms with Crippen molar-refractivity contribution in [3.05, 3.63) is 42.2 Å². The molecule has 4 nitrogen and oxygen atoms in total. The molecule has 1 aliphatic heterocycles. The van der Waals surface area contributed by atoms with Gasteiger partial charge < -0.3 is 10.2 Å². The van der Waals surface area contributed by atoms with Gasteiger partial charge in [-0.25, -0.2) is 0 Å². The van der Waals surface area contributed by atoms with Crippen LogP contribution in [0.1, 0.15) is 24.8 Å². The molecule has 4 heteroatoms. The molecule has 1 N–H and O–H groups in total. The normalized spacial score (nSPS) is 15.3. The Balaban J connectivity index is 1.53. The molecule has 110 valence electrons. The summed E-state index contributed by atoms with van der Waals surface area (Å²) in [5.41, 5.74) is 1.19. The van der Waals surface area contributed by atoms with Gasteiger partial charge in [-0.05, 0) is 42.3 Å². The Kier molecular flexibility index (Phi) is 4.46. The molecule has 1 saturated heterocycles. The average Bonchev–Trinajstić information content (AvgIpc) is 2.55. The molecule has 1 aromatic heterocycles. The van der Waals surface area contributed by atoms with Gasteiger partial charge in [-0.15, -0.1) is 0 Å². The van der Waals surface area contributed by atoms with Crippen LogP contribution < -0.4 is 5.32 Å². The monoisotopic (exact) mass is 283 g/mol. The van der Waals surface area contributed by atoms with Crippen molar-refractivity contribution in [2.24, 2.45) is 0 Å². The van der Waals surface area contributed by atoms with E-state index in [2.05, 4.69) is 28.5 Å². The smallest absolute Gasteiger partial charge is 0.236 e. The van der Waals surface area contributed by atoms with E-state index in [1.165, 1.54) is 17.4 Å². The second-order valence-corrected chi connectivity index (χ2v) is 5.60. The van der Waals surface area contributed by atoms with Crippen LogP contribution in [0.2, 0.25) is 0 Å². The first kappa shape index (κ1) is 14.0. The Morgan fingerprint density at radius 3 is 2.86 bits per heavy atom. The van der Waals surface area contributed by atoms with E-state index >= 15 is 0 Å². The van der Waals surface area contributed by atoms with Crippen LogP contribution in [0.5, 0.6) is 0 Å². The summed E-state index contributed by atoms with van der Waals surface area (Å²) in [5, 5.41) is 5.59. The molecule has 0 aliphatic carbocycles. The van der Waals surface area contributed by atoms with Crippen molar-refractivity contribution < 1.29 is 4.79 Å². The summed E-state index contributed by atoms with van der Waals surface area (Å²) < 4.78 is 0. The van der Waals surface area contributed by atoms with Crippen LogP contribution in [0.25, 0.3) is 10.8 Å². The zero-order chi connectivity index (χ0) is 14.5. The van der Waals surface area contributed by atoms with Crippen molar-refractivity contribution in [1.29, 1.82) is 0 Å². The minimum atomic E-state index is 0.222. The molecule has 1 aromatic carbocycles. The third kappa shape index (κ3) is 3.58. The number of fused-ring (bicyclic) bond motifs is 1. The Morgan fingerprint density at radius 1 is 1.14 bits per heavy atom. The molecule has 0 atom stereocenters. The highest BCUT2D eigenvalue weighted by atomic mass is 16.2. The molecule has 0 bridgehead atoms. The van der Waals surface area contributed by atoms with Gasteiger partial charge in [-0.1, -0.05) is 12.1 Å². The number of benzene rings is 1. The molecule has 2 heterocycles. The molecule has 3 rings (SSSR count). The molecular weight excluding hydrogens is 262 g/mol. The lowest BCUT2D eigenvalue weighted by atomic mass is 10.1. The summed E-state index contributed by atoms with van der Waals surface area (Å²) in [5.74, 6) is 0.222. The van der Waals surface area contributed by atoms with Crippen LogP contribution in [-0.4, -0.2) is 35.4 Å². The topological polar surface area (TPSA) is 45.2 Å². The van der Waals surface area contributed by atoms with Crippen LogP contribution in [0.3, 0.4) is 0 Å². The van der Waals surface area contributed by atoms with Gasteiger partial charge in [-0.2, -0.15) is 0 Å². The number of pyridine rings is 1. The predicted octanol–water partition coefficient (Wildman–Crippen LogP) is 2.34. The maximum Gasteiger partial charge on any atom is 0.236 e. The minimum absolute atomic E-state index is 0.222. The van der Waals surface area contributed by atoms with Gasteiger partial charge in [0.2, 0.25) is 5.91 Å². The number of aromatic nitrogens is 1. The number of hydrogen-bond donors (Lipinski definition) is 1. The van der Waals surface area contributed by atoms with Crippen molar-refractivity contribution in [2.75, 3.05) is 19.6 Å².